The Morgan fingerprint density at radius 3 is 1.23 bits per heavy atom. The molecule has 2 N–H and O–H groups in total. The zero-order valence-corrected chi connectivity index (χ0v) is 18.9. The van der Waals surface area contributed by atoms with Crippen LogP contribution in [0.4, 0.5) is 22.7 Å². The molecule has 0 aliphatic rings. The Morgan fingerprint density at radius 1 is 0.500 bits per heavy atom. The van der Waals surface area contributed by atoms with Gasteiger partial charge in [0.1, 0.15) is 0 Å². The molecule has 0 saturated heterocycles. The maximum Gasteiger partial charge on any atom is 0.0384 e. The smallest absolute Gasteiger partial charge is 0.0384 e. The monoisotopic (exact) mass is 504 g/mol. The number of halogens is 1. The molecule has 0 saturated carbocycles. The Balaban J connectivity index is 1.49. The average molecular weight is 504 g/mol. The van der Waals surface area contributed by atoms with E-state index in [0.29, 0.717) is 5.92 Å². The summed E-state index contributed by atoms with van der Waals surface area (Å²) in [4.78, 5) is 0. The number of benzene rings is 4. The van der Waals surface area contributed by atoms with Gasteiger partial charge in [-0.1, -0.05) is 83.3 Å². The van der Waals surface area contributed by atoms with Gasteiger partial charge in [-0.3, -0.25) is 0 Å². The Kier molecular flexibility index (Phi) is 7.03. The first-order valence-corrected chi connectivity index (χ1v) is 11.7. The van der Waals surface area contributed by atoms with Gasteiger partial charge in [-0.05, 0) is 66.1 Å². The Hall–Kier alpha value is -2.79. The van der Waals surface area contributed by atoms with Gasteiger partial charge >= 0.3 is 0 Å². The maximum absolute atomic E-state index is 3.46. The van der Waals surface area contributed by atoms with E-state index in [9.17, 15) is 0 Å². The van der Waals surface area contributed by atoms with Crippen LogP contribution in [0, 0.1) is 0 Å². The summed E-state index contributed by atoms with van der Waals surface area (Å²) >= 11 is 2.48. The van der Waals surface area contributed by atoms with E-state index < -0.39 is 0 Å². The molecule has 0 heterocycles. The summed E-state index contributed by atoms with van der Waals surface area (Å²) in [5.41, 5.74) is 7.15. The number of rotatable bonds is 8. The van der Waals surface area contributed by atoms with Gasteiger partial charge in [-0.15, -0.1) is 0 Å². The highest BCUT2D eigenvalue weighted by Crippen LogP contribution is 2.31. The maximum atomic E-state index is 3.46. The van der Waals surface area contributed by atoms with Gasteiger partial charge in [-0.25, -0.2) is 0 Å². The summed E-state index contributed by atoms with van der Waals surface area (Å²) in [6.07, 6.45) is 1.12. The van der Waals surface area contributed by atoms with E-state index in [1.54, 1.807) is 0 Å². The summed E-state index contributed by atoms with van der Waals surface area (Å²) in [5.74, 6) is 0.401. The molecule has 0 radical (unpaired) electrons. The molecule has 0 amide bonds. The van der Waals surface area contributed by atoms with E-state index in [0.717, 1.165) is 33.6 Å². The summed E-state index contributed by atoms with van der Waals surface area (Å²) in [5, 5.41) is 6.93. The molecule has 4 aromatic rings. The van der Waals surface area contributed by atoms with Crippen LogP contribution in [0.3, 0.4) is 0 Å². The highest BCUT2D eigenvalue weighted by molar-refractivity contribution is 14.1. The molecular weight excluding hydrogens is 479 g/mol. The number of hydrogen-bond donors (Lipinski definition) is 2. The van der Waals surface area contributed by atoms with Crippen molar-refractivity contribution in [3.05, 3.63) is 120 Å². The van der Waals surface area contributed by atoms with Gasteiger partial charge < -0.3 is 10.6 Å². The summed E-state index contributed by atoms with van der Waals surface area (Å²) in [7, 11) is 0. The molecule has 150 valence electrons. The van der Waals surface area contributed by atoms with Crippen molar-refractivity contribution in [1.29, 1.82) is 0 Å². The first kappa shape index (κ1) is 20.5. The number of para-hydroxylation sites is 2. The van der Waals surface area contributed by atoms with Crippen LogP contribution in [-0.4, -0.2) is 4.43 Å². The minimum atomic E-state index is 0.401. The van der Waals surface area contributed by atoms with Crippen molar-refractivity contribution in [2.45, 2.75) is 12.3 Å². The van der Waals surface area contributed by atoms with Gasteiger partial charge in [0.05, 0.1) is 0 Å². The standard InChI is InChI=1S/C27H25IN2/c28-20-19-27(21-11-15-25(16-12-21)29-23-7-3-1-4-8-23)22-13-17-26(18-14-22)30-24-9-5-2-6-10-24/h1-18,27,29-30H,19-20H2. The topological polar surface area (TPSA) is 24.1 Å². The minimum absolute atomic E-state index is 0.401. The zero-order chi connectivity index (χ0) is 20.6. The van der Waals surface area contributed by atoms with Crippen LogP contribution >= 0.6 is 22.6 Å². The zero-order valence-electron chi connectivity index (χ0n) is 16.8. The first-order chi connectivity index (χ1) is 14.8. The molecule has 3 heteroatoms. The second-order valence-corrected chi connectivity index (χ2v) is 8.34. The molecule has 4 aromatic carbocycles. The fraction of sp³-hybridized carbons (Fsp3) is 0.111. The third-order valence-electron chi connectivity index (χ3n) is 5.15. The predicted molar refractivity (Wildman–Crippen MR) is 138 cm³/mol. The molecule has 0 fully saturated rings. The SMILES string of the molecule is ICCC(c1ccc(Nc2ccccc2)cc1)c1ccc(Nc2ccccc2)cc1. The lowest BCUT2D eigenvalue weighted by atomic mass is 9.89. The first-order valence-electron chi connectivity index (χ1n) is 10.2. The van der Waals surface area contributed by atoms with Crippen molar-refractivity contribution in [3.8, 4) is 0 Å². The molecule has 0 aromatic heterocycles. The van der Waals surface area contributed by atoms with Crippen LogP contribution in [0.5, 0.6) is 0 Å². The van der Waals surface area contributed by atoms with E-state index >= 15 is 0 Å². The number of nitrogens with one attached hydrogen (secondary N) is 2. The van der Waals surface area contributed by atoms with E-state index in [4.69, 9.17) is 0 Å². The molecule has 4 rings (SSSR count). The van der Waals surface area contributed by atoms with E-state index in [1.165, 1.54) is 11.1 Å². The van der Waals surface area contributed by atoms with Gasteiger partial charge in [0.15, 0.2) is 0 Å². The van der Waals surface area contributed by atoms with Crippen molar-refractivity contribution in [1.82, 2.24) is 0 Å². The molecule has 0 spiro atoms. The van der Waals surface area contributed by atoms with Crippen molar-refractivity contribution >= 4 is 45.3 Å². The summed E-state index contributed by atoms with van der Waals surface area (Å²) in [6, 6.07) is 38.3. The van der Waals surface area contributed by atoms with Crippen LogP contribution in [0.25, 0.3) is 0 Å². The van der Waals surface area contributed by atoms with Crippen LogP contribution in [0.1, 0.15) is 23.5 Å². The van der Waals surface area contributed by atoms with E-state index in [-0.39, 0.29) is 0 Å². The largest absolute Gasteiger partial charge is 0.356 e. The lowest BCUT2D eigenvalue weighted by Gasteiger charge is -2.18. The lowest BCUT2D eigenvalue weighted by molar-refractivity contribution is 0.793. The molecule has 0 aliphatic carbocycles. The van der Waals surface area contributed by atoms with Gasteiger partial charge in [-0.2, -0.15) is 0 Å². The quantitative estimate of drug-likeness (QED) is 0.187. The van der Waals surface area contributed by atoms with Crippen LogP contribution in [-0.2, 0) is 0 Å². The van der Waals surface area contributed by atoms with E-state index in [1.807, 2.05) is 36.4 Å². The predicted octanol–water partition coefficient (Wildman–Crippen LogP) is 8.13. The van der Waals surface area contributed by atoms with Gasteiger partial charge in [0.25, 0.3) is 0 Å². The van der Waals surface area contributed by atoms with Crippen molar-refractivity contribution < 1.29 is 0 Å². The van der Waals surface area contributed by atoms with Gasteiger partial charge in [0, 0.05) is 33.1 Å². The summed E-state index contributed by atoms with van der Waals surface area (Å²) in [6.45, 7) is 0. The fourth-order valence-corrected chi connectivity index (χ4v) is 4.23. The third-order valence-corrected chi connectivity index (χ3v) is 5.77. The molecule has 0 bridgehead atoms. The van der Waals surface area contributed by atoms with Crippen molar-refractivity contribution in [2.24, 2.45) is 0 Å². The van der Waals surface area contributed by atoms with Crippen LogP contribution in [0.15, 0.2) is 109 Å². The number of alkyl halides is 1. The third kappa shape index (κ3) is 5.42. The van der Waals surface area contributed by atoms with Crippen LogP contribution in [0.2, 0.25) is 0 Å². The normalized spacial score (nSPS) is 10.7. The van der Waals surface area contributed by atoms with Crippen molar-refractivity contribution in [2.75, 3.05) is 15.1 Å². The number of anilines is 4. The Morgan fingerprint density at radius 2 is 0.867 bits per heavy atom. The molecule has 0 unspecified atom stereocenters. The molecule has 0 atom stereocenters. The highest BCUT2D eigenvalue weighted by atomic mass is 127. The summed E-state index contributed by atoms with van der Waals surface area (Å²) < 4.78 is 1.12. The molecule has 2 nitrogen and oxygen atoms in total. The lowest BCUT2D eigenvalue weighted by Crippen LogP contribution is -2.03. The average Bonchev–Trinajstić information content (AvgIpc) is 2.80. The Labute approximate surface area is 192 Å². The van der Waals surface area contributed by atoms with Crippen molar-refractivity contribution in [3.63, 3.8) is 0 Å². The Bertz CT molecular complexity index is 945. The van der Waals surface area contributed by atoms with E-state index in [2.05, 4.69) is 106 Å². The molecular formula is C27H25IN2. The second kappa shape index (κ2) is 10.3. The van der Waals surface area contributed by atoms with Crippen LogP contribution < -0.4 is 10.6 Å². The minimum Gasteiger partial charge on any atom is -0.356 e. The highest BCUT2D eigenvalue weighted by Gasteiger charge is 2.14. The number of hydrogen-bond acceptors (Lipinski definition) is 2. The molecule has 0 aliphatic heterocycles. The fourth-order valence-electron chi connectivity index (χ4n) is 3.61. The molecule has 30 heavy (non-hydrogen) atoms. The second-order valence-electron chi connectivity index (χ2n) is 7.26. The van der Waals surface area contributed by atoms with Gasteiger partial charge in [0.2, 0.25) is 0 Å².